The van der Waals surface area contributed by atoms with Gasteiger partial charge in [-0.15, -0.1) is 0 Å². The number of nitrogens with zero attached hydrogens (tertiary/aromatic N) is 4. The highest BCUT2D eigenvalue weighted by atomic mass is 35.5. The highest BCUT2D eigenvalue weighted by Crippen LogP contribution is 2.32. The number of carbonyl (C=O) groups is 1. The summed E-state index contributed by atoms with van der Waals surface area (Å²) in [5.41, 5.74) is 5.37. The molecule has 1 saturated heterocycles. The summed E-state index contributed by atoms with van der Waals surface area (Å²) in [6, 6.07) is 33.1. The summed E-state index contributed by atoms with van der Waals surface area (Å²) in [5, 5.41) is 10.4. The second-order valence-corrected chi connectivity index (χ2v) is 10.6. The summed E-state index contributed by atoms with van der Waals surface area (Å²) in [6.45, 7) is 1.48. The maximum Gasteiger partial charge on any atom is 0.241 e. The number of nitrogens with one attached hydrogen (secondary N) is 1. The van der Waals surface area contributed by atoms with Gasteiger partial charge in [0.1, 0.15) is 17.6 Å². The molecule has 208 valence electrons. The van der Waals surface area contributed by atoms with Crippen LogP contribution in [0.5, 0.6) is 11.5 Å². The molecule has 0 aliphatic carbocycles. The Bertz CT molecular complexity index is 1720. The molecule has 1 aliphatic heterocycles. The van der Waals surface area contributed by atoms with Crippen LogP contribution < -0.4 is 9.64 Å². The lowest BCUT2D eigenvalue weighted by molar-refractivity contribution is -0.122. The van der Waals surface area contributed by atoms with Gasteiger partial charge in [-0.1, -0.05) is 66.2 Å². The fraction of sp³-hybridized carbons (Fsp3) is 0.147. The number of anilines is 1. The molecule has 1 aromatic heterocycles. The van der Waals surface area contributed by atoms with Crippen LogP contribution in [0, 0.1) is 11.3 Å². The van der Waals surface area contributed by atoms with Crippen LogP contribution in [0.4, 0.5) is 5.69 Å². The van der Waals surface area contributed by atoms with Crippen LogP contribution >= 0.6 is 11.6 Å². The number of hydrogen-bond donors (Lipinski definition) is 1. The maximum atomic E-state index is 13.3. The van der Waals surface area contributed by atoms with Crippen molar-refractivity contribution in [3.05, 3.63) is 131 Å². The lowest BCUT2D eigenvalue weighted by Crippen LogP contribution is -2.51. The Hall–Kier alpha value is -4.90. The van der Waals surface area contributed by atoms with Gasteiger partial charge >= 0.3 is 0 Å². The third-order valence-electron chi connectivity index (χ3n) is 7.47. The molecule has 0 bridgehead atoms. The number of hydrogen-bond acceptors (Lipinski definition) is 5. The van der Waals surface area contributed by atoms with Gasteiger partial charge in [-0.2, -0.15) is 5.26 Å². The molecule has 5 aromatic rings. The van der Waals surface area contributed by atoms with Crippen LogP contribution in [-0.2, 0) is 11.2 Å². The molecule has 1 aliphatic rings. The molecule has 6 rings (SSSR count). The number of benzene rings is 4. The third-order valence-corrected chi connectivity index (χ3v) is 7.71. The second kappa shape index (κ2) is 12.3. The summed E-state index contributed by atoms with van der Waals surface area (Å²) >= 11 is 6.18. The third kappa shape index (κ3) is 6.06. The summed E-state index contributed by atoms with van der Waals surface area (Å²) in [5.74, 6) is 1.15. The van der Waals surface area contributed by atoms with Gasteiger partial charge in [0.25, 0.3) is 0 Å². The molecule has 1 atom stereocenters. The van der Waals surface area contributed by atoms with Crippen LogP contribution in [-0.4, -0.2) is 40.4 Å². The van der Waals surface area contributed by atoms with Crippen molar-refractivity contribution in [3.63, 3.8) is 0 Å². The lowest BCUT2D eigenvalue weighted by atomic mass is 9.99. The molecule has 4 aromatic carbocycles. The molecular formula is C34H28ClN5O2. The minimum absolute atomic E-state index is 0.0100. The summed E-state index contributed by atoms with van der Waals surface area (Å²) in [4.78, 5) is 24.7. The number of carbonyl (C=O) groups excluding carboxylic acids is 1. The van der Waals surface area contributed by atoms with Crippen molar-refractivity contribution >= 4 is 23.2 Å². The number of piperazine rings is 1. The van der Waals surface area contributed by atoms with E-state index in [2.05, 4.69) is 33.1 Å². The number of nitriles is 1. The van der Waals surface area contributed by atoms with E-state index < -0.39 is 0 Å². The van der Waals surface area contributed by atoms with Crippen LogP contribution in [0.2, 0.25) is 5.02 Å². The van der Waals surface area contributed by atoms with E-state index in [0.29, 0.717) is 41.6 Å². The summed E-state index contributed by atoms with van der Waals surface area (Å²) < 4.78 is 6.21. The minimum Gasteiger partial charge on any atom is -0.456 e. The van der Waals surface area contributed by atoms with E-state index in [1.807, 2.05) is 72.8 Å². The SMILES string of the molecule is N#Cc1ccc(CC(c2cnc[nH]2)N2CCN(c3cccc(Cl)c3)C(=O)C2)cc1Oc1ccc(-c2ccccc2)cc1. The summed E-state index contributed by atoms with van der Waals surface area (Å²) in [6.07, 6.45) is 4.05. The number of rotatable bonds is 8. The largest absolute Gasteiger partial charge is 0.456 e. The van der Waals surface area contributed by atoms with Gasteiger partial charge in [-0.25, -0.2) is 4.98 Å². The first-order valence-electron chi connectivity index (χ1n) is 13.7. The van der Waals surface area contributed by atoms with E-state index >= 15 is 0 Å². The Balaban J connectivity index is 1.21. The van der Waals surface area contributed by atoms with Gasteiger partial charge in [0.15, 0.2) is 0 Å². The van der Waals surface area contributed by atoms with E-state index in [1.54, 1.807) is 29.6 Å². The van der Waals surface area contributed by atoms with Crippen molar-refractivity contribution in [1.29, 1.82) is 5.26 Å². The lowest BCUT2D eigenvalue weighted by Gasteiger charge is -2.38. The fourth-order valence-electron chi connectivity index (χ4n) is 5.33. The quantitative estimate of drug-likeness (QED) is 0.215. The maximum absolute atomic E-state index is 13.3. The van der Waals surface area contributed by atoms with Gasteiger partial charge in [-0.3, -0.25) is 9.69 Å². The van der Waals surface area contributed by atoms with Gasteiger partial charge in [0, 0.05) is 30.0 Å². The number of ether oxygens (including phenoxy) is 1. The molecule has 0 saturated carbocycles. The van der Waals surface area contributed by atoms with Gasteiger partial charge in [0.05, 0.1) is 30.2 Å². The van der Waals surface area contributed by atoms with Crippen molar-refractivity contribution in [1.82, 2.24) is 14.9 Å². The fourth-order valence-corrected chi connectivity index (χ4v) is 5.51. The molecule has 1 unspecified atom stereocenters. The van der Waals surface area contributed by atoms with Crippen LogP contribution in [0.1, 0.15) is 22.9 Å². The molecule has 1 fully saturated rings. The Morgan fingerprint density at radius 2 is 1.76 bits per heavy atom. The van der Waals surface area contributed by atoms with Crippen LogP contribution in [0.3, 0.4) is 0 Å². The normalized spacial score (nSPS) is 14.4. The summed E-state index contributed by atoms with van der Waals surface area (Å²) in [7, 11) is 0. The molecule has 42 heavy (non-hydrogen) atoms. The Labute approximate surface area is 249 Å². The second-order valence-electron chi connectivity index (χ2n) is 10.2. The highest BCUT2D eigenvalue weighted by Gasteiger charge is 2.31. The van der Waals surface area contributed by atoms with Crippen molar-refractivity contribution in [2.45, 2.75) is 12.5 Å². The predicted octanol–water partition coefficient (Wildman–Crippen LogP) is 7.03. The van der Waals surface area contributed by atoms with Gasteiger partial charge < -0.3 is 14.6 Å². The molecule has 1 amide bonds. The number of aromatic nitrogens is 2. The molecule has 8 heteroatoms. The van der Waals surface area contributed by atoms with Crippen LogP contribution in [0.25, 0.3) is 11.1 Å². The monoisotopic (exact) mass is 573 g/mol. The van der Waals surface area contributed by atoms with Gasteiger partial charge in [-0.05, 0) is 65.6 Å². The predicted molar refractivity (Wildman–Crippen MR) is 164 cm³/mol. The van der Waals surface area contributed by atoms with Gasteiger partial charge in [0.2, 0.25) is 5.91 Å². The molecule has 7 nitrogen and oxygen atoms in total. The minimum atomic E-state index is -0.121. The first-order valence-corrected chi connectivity index (χ1v) is 14.1. The van der Waals surface area contributed by atoms with E-state index in [4.69, 9.17) is 16.3 Å². The highest BCUT2D eigenvalue weighted by molar-refractivity contribution is 6.30. The number of aromatic amines is 1. The molecule has 2 heterocycles. The van der Waals surface area contributed by atoms with E-state index in [0.717, 1.165) is 28.1 Å². The first-order chi connectivity index (χ1) is 20.6. The topological polar surface area (TPSA) is 85.3 Å². The smallest absolute Gasteiger partial charge is 0.241 e. The molecule has 0 spiro atoms. The van der Waals surface area contributed by atoms with Crippen molar-refractivity contribution in [2.75, 3.05) is 24.5 Å². The van der Waals surface area contributed by atoms with Crippen molar-refractivity contribution in [2.24, 2.45) is 0 Å². The zero-order valence-corrected chi connectivity index (χ0v) is 23.5. The zero-order valence-electron chi connectivity index (χ0n) is 22.8. The standard InChI is InChI=1S/C34H28ClN5O2/c35-28-7-4-8-29(19-28)40-16-15-39(22-34(40)41)32(31-21-37-23-38-31)17-24-9-10-27(20-36)33(18-24)42-30-13-11-26(12-14-30)25-5-2-1-3-6-25/h1-14,18-19,21,23,32H,15-17,22H2,(H,37,38). The van der Waals surface area contributed by atoms with Crippen LogP contribution in [0.15, 0.2) is 110 Å². The number of imidazole rings is 1. The van der Waals surface area contributed by atoms with E-state index in [1.165, 1.54) is 0 Å². The average Bonchev–Trinajstić information content (AvgIpc) is 3.56. The van der Waals surface area contributed by atoms with E-state index in [-0.39, 0.29) is 18.5 Å². The van der Waals surface area contributed by atoms with Crippen molar-refractivity contribution in [3.8, 4) is 28.7 Å². The average molecular weight is 574 g/mol. The molecule has 0 radical (unpaired) electrons. The Morgan fingerprint density at radius 3 is 2.48 bits per heavy atom. The van der Waals surface area contributed by atoms with E-state index in [9.17, 15) is 10.1 Å². The number of amides is 1. The molecular weight excluding hydrogens is 546 g/mol. The number of halogens is 1. The Morgan fingerprint density at radius 1 is 0.952 bits per heavy atom. The Kier molecular flexibility index (Phi) is 8.00. The van der Waals surface area contributed by atoms with Crippen molar-refractivity contribution < 1.29 is 9.53 Å². The number of H-pyrrole nitrogens is 1. The zero-order chi connectivity index (χ0) is 28.9. The molecule has 1 N–H and O–H groups in total. The first kappa shape index (κ1) is 27.3.